The Kier molecular flexibility index (Phi) is 6.93. The van der Waals surface area contributed by atoms with Crippen LogP contribution in [0.3, 0.4) is 0 Å². The second-order valence-corrected chi connectivity index (χ2v) is 9.86. The van der Waals surface area contributed by atoms with E-state index in [1.165, 1.54) is 10.5 Å². The lowest BCUT2D eigenvalue weighted by atomic mass is 9.97. The topological polar surface area (TPSA) is 82.6 Å². The summed E-state index contributed by atoms with van der Waals surface area (Å²) in [4.78, 5) is 19.4. The number of carbonyl (C=O) groups is 1. The lowest BCUT2D eigenvalue weighted by molar-refractivity contribution is -0.120. The maximum atomic E-state index is 13.2. The van der Waals surface area contributed by atoms with Gasteiger partial charge in [-0.1, -0.05) is 36.4 Å². The molecule has 1 atom stereocenters. The van der Waals surface area contributed by atoms with Gasteiger partial charge >= 0.3 is 0 Å². The van der Waals surface area contributed by atoms with E-state index < -0.39 is 10.0 Å². The predicted molar refractivity (Wildman–Crippen MR) is 131 cm³/mol. The van der Waals surface area contributed by atoms with Gasteiger partial charge in [0.25, 0.3) is 10.0 Å². The molecule has 2 heterocycles. The average Bonchev–Trinajstić information content (AvgIpc) is 2.86. The molecule has 2 aromatic carbocycles. The molecule has 1 aliphatic heterocycles. The van der Waals surface area contributed by atoms with Crippen molar-refractivity contribution >= 4 is 33.1 Å². The Balaban J connectivity index is 1.46. The molecule has 8 heteroatoms. The van der Waals surface area contributed by atoms with Gasteiger partial charge in [0.15, 0.2) is 0 Å². The molecular weight excluding hydrogens is 436 g/mol. The lowest BCUT2D eigenvalue weighted by Crippen LogP contribution is -2.41. The number of hydrogen-bond donors (Lipinski definition) is 1. The van der Waals surface area contributed by atoms with Crippen LogP contribution in [-0.2, 0) is 14.8 Å². The van der Waals surface area contributed by atoms with Crippen molar-refractivity contribution in [3.05, 3.63) is 79.0 Å². The number of amides is 1. The minimum atomic E-state index is -3.72. The highest BCUT2D eigenvalue weighted by Gasteiger charge is 2.28. The summed E-state index contributed by atoms with van der Waals surface area (Å²) < 4.78 is 27.7. The van der Waals surface area contributed by atoms with Crippen LogP contribution >= 0.6 is 0 Å². The van der Waals surface area contributed by atoms with E-state index in [-0.39, 0.29) is 16.7 Å². The number of sulfonamides is 1. The number of rotatable bonds is 7. The monoisotopic (exact) mass is 464 g/mol. The summed E-state index contributed by atoms with van der Waals surface area (Å²) in [6.45, 7) is 3.45. The van der Waals surface area contributed by atoms with Crippen LogP contribution in [0.1, 0.15) is 19.8 Å². The van der Waals surface area contributed by atoms with Gasteiger partial charge in [-0.3, -0.25) is 9.10 Å². The largest absolute Gasteiger partial charge is 0.356 e. The van der Waals surface area contributed by atoms with Gasteiger partial charge in [-0.15, -0.1) is 0 Å². The number of aromatic nitrogens is 1. The highest BCUT2D eigenvalue weighted by atomic mass is 32.2. The van der Waals surface area contributed by atoms with Crippen molar-refractivity contribution in [1.29, 1.82) is 0 Å². The number of nitrogens with one attached hydrogen (secondary N) is 1. The lowest BCUT2D eigenvalue weighted by Gasteiger charge is -2.33. The Morgan fingerprint density at radius 3 is 2.39 bits per heavy atom. The van der Waals surface area contributed by atoms with Gasteiger partial charge in [0.1, 0.15) is 10.7 Å². The van der Waals surface area contributed by atoms with Crippen molar-refractivity contribution in [2.45, 2.75) is 24.7 Å². The first-order chi connectivity index (χ1) is 16.0. The van der Waals surface area contributed by atoms with Crippen molar-refractivity contribution in [2.24, 2.45) is 5.92 Å². The van der Waals surface area contributed by atoms with Gasteiger partial charge in [-0.2, -0.15) is 0 Å². The molecule has 0 bridgehead atoms. The predicted octanol–water partition coefficient (Wildman–Crippen LogP) is 4.15. The molecule has 172 valence electrons. The zero-order valence-corrected chi connectivity index (χ0v) is 19.4. The SMILES string of the molecule is CCN(c1ccccc1)S(=O)(=O)c1ccc(N2CCCC(C(=O)Nc3ccccc3)C2)nc1. The maximum Gasteiger partial charge on any atom is 0.265 e. The standard InChI is InChI=1S/C25H28N4O3S/c1-2-29(22-13-7-4-8-14-22)33(31,32)23-15-16-24(26-18-23)28-17-9-10-20(19-28)25(30)27-21-11-5-3-6-12-21/h3-8,11-16,18,20H,2,9-10,17,19H2,1H3,(H,27,30). The van der Waals surface area contributed by atoms with Gasteiger partial charge in [0.2, 0.25) is 5.91 Å². The highest BCUT2D eigenvalue weighted by molar-refractivity contribution is 7.92. The molecule has 1 aromatic heterocycles. The molecular formula is C25H28N4O3S. The zero-order chi connectivity index (χ0) is 23.3. The van der Waals surface area contributed by atoms with Crippen LogP contribution in [-0.4, -0.2) is 38.9 Å². The van der Waals surface area contributed by atoms with E-state index in [0.717, 1.165) is 25.1 Å². The maximum absolute atomic E-state index is 13.2. The molecule has 0 saturated carbocycles. The van der Waals surface area contributed by atoms with E-state index in [1.807, 2.05) is 53.4 Å². The Morgan fingerprint density at radius 2 is 1.76 bits per heavy atom. The van der Waals surface area contributed by atoms with Crippen molar-refractivity contribution in [3.63, 3.8) is 0 Å². The zero-order valence-electron chi connectivity index (χ0n) is 18.6. The van der Waals surface area contributed by atoms with E-state index in [1.54, 1.807) is 31.2 Å². The highest BCUT2D eigenvalue weighted by Crippen LogP contribution is 2.26. The number of para-hydroxylation sites is 2. The molecule has 1 amide bonds. The smallest absolute Gasteiger partial charge is 0.265 e. The van der Waals surface area contributed by atoms with E-state index >= 15 is 0 Å². The fourth-order valence-corrected chi connectivity index (χ4v) is 5.51. The first kappa shape index (κ1) is 22.8. The van der Waals surface area contributed by atoms with E-state index in [4.69, 9.17) is 0 Å². The Morgan fingerprint density at radius 1 is 1.06 bits per heavy atom. The average molecular weight is 465 g/mol. The summed E-state index contributed by atoms with van der Waals surface area (Å²) >= 11 is 0. The molecule has 33 heavy (non-hydrogen) atoms. The van der Waals surface area contributed by atoms with Crippen LogP contribution in [0, 0.1) is 5.92 Å². The summed E-state index contributed by atoms with van der Waals surface area (Å²) in [6, 6.07) is 21.8. The third-order valence-electron chi connectivity index (χ3n) is 5.80. The number of pyridine rings is 1. The number of anilines is 3. The molecule has 0 radical (unpaired) electrons. The van der Waals surface area contributed by atoms with E-state index in [9.17, 15) is 13.2 Å². The van der Waals surface area contributed by atoms with Crippen LogP contribution in [0.15, 0.2) is 83.9 Å². The summed E-state index contributed by atoms with van der Waals surface area (Å²) in [7, 11) is -3.72. The molecule has 0 spiro atoms. The summed E-state index contributed by atoms with van der Waals surface area (Å²) in [6.07, 6.45) is 3.08. The van der Waals surface area contributed by atoms with Crippen LogP contribution in [0.5, 0.6) is 0 Å². The van der Waals surface area contributed by atoms with Crippen molar-refractivity contribution in [1.82, 2.24) is 4.98 Å². The Hall–Kier alpha value is -3.39. The third kappa shape index (κ3) is 5.17. The minimum Gasteiger partial charge on any atom is -0.356 e. The third-order valence-corrected chi connectivity index (χ3v) is 7.68. The molecule has 1 aliphatic rings. The van der Waals surface area contributed by atoms with Gasteiger partial charge in [-0.05, 0) is 56.2 Å². The summed E-state index contributed by atoms with van der Waals surface area (Å²) in [5.41, 5.74) is 1.40. The molecule has 4 rings (SSSR count). The number of nitrogens with zero attached hydrogens (tertiary/aromatic N) is 3. The second kappa shape index (κ2) is 10.0. The van der Waals surface area contributed by atoms with Crippen LogP contribution in [0.25, 0.3) is 0 Å². The number of hydrogen-bond acceptors (Lipinski definition) is 5. The number of piperidine rings is 1. The van der Waals surface area contributed by atoms with Gasteiger partial charge in [0, 0.05) is 31.5 Å². The Bertz CT molecular complexity index is 1170. The van der Waals surface area contributed by atoms with Crippen LogP contribution < -0.4 is 14.5 Å². The molecule has 1 fully saturated rings. The fraction of sp³-hybridized carbons (Fsp3) is 0.280. The van der Waals surface area contributed by atoms with Crippen molar-refractivity contribution < 1.29 is 13.2 Å². The molecule has 3 aromatic rings. The first-order valence-corrected chi connectivity index (χ1v) is 12.6. The number of benzene rings is 2. The minimum absolute atomic E-state index is 0.00783. The van der Waals surface area contributed by atoms with E-state index in [2.05, 4.69) is 10.3 Å². The molecule has 7 nitrogen and oxygen atoms in total. The molecule has 1 N–H and O–H groups in total. The first-order valence-electron chi connectivity index (χ1n) is 11.1. The normalized spacial score (nSPS) is 16.3. The van der Waals surface area contributed by atoms with E-state index in [0.29, 0.717) is 24.6 Å². The quantitative estimate of drug-likeness (QED) is 0.568. The number of carbonyl (C=O) groups excluding carboxylic acids is 1. The molecule has 1 saturated heterocycles. The van der Waals surface area contributed by atoms with Gasteiger partial charge < -0.3 is 10.2 Å². The summed E-state index contributed by atoms with van der Waals surface area (Å²) in [5.74, 6) is 0.512. The Labute approximate surface area is 195 Å². The second-order valence-electron chi connectivity index (χ2n) is 8.00. The van der Waals surface area contributed by atoms with Crippen molar-refractivity contribution in [2.75, 3.05) is 34.2 Å². The fourth-order valence-electron chi connectivity index (χ4n) is 4.09. The van der Waals surface area contributed by atoms with Crippen LogP contribution in [0.4, 0.5) is 17.2 Å². The van der Waals surface area contributed by atoms with Crippen molar-refractivity contribution in [3.8, 4) is 0 Å². The van der Waals surface area contributed by atoms with Gasteiger partial charge in [0.05, 0.1) is 11.6 Å². The van der Waals surface area contributed by atoms with Gasteiger partial charge in [-0.25, -0.2) is 13.4 Å². The summed E-state index contributed by atoms with van der Waals surface area (Å²) in [5, 5.41) is 2.98. The molecule has 0 aliphatic carbocycles. The van der Waals surface area contributed by atoms with Crippen LogP contribution in [0.2, 0.25) is 0 Å². The molecule has 1 unspecified atom stereocenters.